The number of pyridine rings is 1. The van der Waals surface area contributed by atoms with E-state index in [9.17, 15) is 0 Å². The summed E-state index contributed by atoms with van der Waals surface area (Å²) in [5, 5.41) is 6.66. The molecule has 2 heterocycles. The molecular weight excluding hydrogens is 278 g/mol. The molecule has 0 aliphatic carbocycles. The van der Waals surface area contributed by atoms with Gasteiger partial charge in [-0.05, 0) is 24.3 Å². The third-order valence-corrected chi connectivity index (χ3v) is 3.63. The molecule has 1 aromatic carbocycles. The summed E-state index contributed by atoms with van der Waals surface area (Å²) >= 11 is 7.63. The Kier molecular flexibility index (Phi) is 3.44. The zero-order valence-electron chi connectivity index (χ0n) is 9.88. The van der Waals surface area contributed by atoms with Crippen LogP contribution in [-0.2, 0) is 0 Å². The molecule has 0 bridgehead atoms. The molecule has 94 valence electrons. The first-order valence-electron chi connectivity index (χ1n) is 5.71. The molecule has 0 atom stereocenters. The van der Waals surface area contributed by atoms with E-state index in [0.29, 0.717) is 5.02 Å². The zero-order chi connectivity index (χ0) is 13.1. The Bertz CT molecular complexity index is 682. The number of aromatic nitrogens is 2. The van der Waals surface area contributed by atoms with E-state index in [0.717, 1.165) is 22.2 Å². The molecule has 0 unspecified atom stereocenters. The van der Waals surface area contributed by atoms with Gasteiger partial charge in [-0.3, -0.25) is 4.98 Å². The lowest BCUT2D eigenvalue weighted by molar-refractivity contribution is 1.28. The maximum atomic E-state index is 6.10. The fraction of sp³-hybridized carbons (Fsp3) is 0. The van der Waals surface area contributed by atoms with Crippen molar-refractivity contribution < 1.29 is 0 Å². The zero-order valence-corrected chi connectivity index (χ0v) is 11.4. The minimum atomic E-state index is 0.678. The Morgan fingerprint density at radius 1 is 1.00 bits per heavy atom. The lowest BCUT2D eigenvalue weighted by atomic mass is 10.3. The highest BCUT2D eigenvalue weighted by Gasteiger charge is 2.06. The van der Waals surface area contributed by atoms with Crippen LogP contribution in [0.3, 0.4) is 0 Å². The van der Waals surface area contributed by atoms with Crippen molar-refractivity contribution in [2.45, 2.75) is 0 Å². The summed E-state index contributed by atoms with van der Waals surface area (Å²) in [5.41, 5.74) is 2.58. The van der Waals surface area contributed by atoms with Gasteiger partial charge < -0.3 is 5.32 Å². The molecule has 3 aromatic rings. The fourth-order valence-corrected chi connectivity index (χ4v) is 2.54. The third-order valence-electron chi connectivity index (χ3n) is 2.55. The predicted molar refractivity (Wildman–Crippen MR) is 80.1 cm³/mol. The summed E-state index contributed by atoms with van der Waals surface area (Å²) in [5.74, 6) is 0. The van der Waals surface area contributed by atoms with Crippen LogP contribution in [0.5, 0.6) is 0 Å². The smallest absolute Gasteiger partial charge is 0.187 e. The molecule has 3 rings (SSSR count). The van der Waals surface area contributed by atoms with Crippen molar-refractivity contribution in [2.24, 2.45) is 0 Å². The van der Waals surface area contributed by atoms with Crippen LogP contribution < -0.4 is 5.32 Å². The molecule has 2 aromatic heterocycles. The van der Waals surface area contributed by atoms with Crippen molar-refractivity contribution in [3.63, 3.8) is 0 Å². The van der Waals surface area contributed by atoms with Gasteiger partial charge in [0, 0.05) is 11.6 Å². The number of hydrogen-bond acceptors (Lipinski definition) is 4. The lowest BCUT2D eigenvalue weighted by Gasteiger charge is -2.03. The Morgan fingerprint density at radius 2 is 1.84 bits per heavy atom. The number of hydrogen-bond donors (Lipinski definition) is 1. The van der Waals surface area contributed by atoms with Crippen LogP contribution >= 0.6 is 22.9 Å². The molecule has 0 saturated heterocycles. The fourth-order valence-electron chi connectivity index (χ4n) is 1.64. The Hall–Kier alpha value is -1.91. The predicted octanol–water partition coefficient (Wildman–Crippen LogP) is 4.60. The van der Waals surface area contributed by atoms with E-state index in [4.69, 9.17) is 11.6 Å². The second-order valence-electron chi connectivity index (χ2n) is 3.86. The van der Waals surface area contributed by atoms with Gasteiger partial charge in [0.2, 0.25) is 0 Å². The maximum Gasteiger partial charge on any atom is 0.187 e. The van der Waals surface area contributed by atoms with Gasteiger partial charge in [-0.15, -0.1) is 11.3 Å². The van der Waals surface area contributed by atoms with E-state index in [1.165, 1.54) is 11.3 Å². The van der Waals surface area contributed by atoms with E-state index in [1.807, 2.05) is 47.8 Å². The van der Waals surface area contributed by atoms with E-state index in [1.54, 1.807) is 6.20 Å². The quantitative estimate of drug-likeness (QED) is 0.765. The van der Waals surface area contributed by atoms with Crippen LogP contribution in [0.4, 0.5) is 10.8 Å². The molecule has 3 nitrogen and oxygen atoms in total. The molecule has 0 amide bonds. The molecule has 0 radical (unpaired) electrons. The van der Waals surface area contributed by atoms with Gasteiger partial charge in [-0.1, -0.05) is 29.8 Å². The van der Waals surface area contributed by atoms with Gasteiger partial charge in [0.15, 0.2) is 5.13 Å². The van der Waals surface area contributed by atoms with Crippen molar-refractivity contribution in [2.75, 3.05) is 5.32 Å². The molecule has 0 aliphatic heterocycles. The number of thiazole rings is 1. The van der Waals surface area contributed by atoms with E-state index < -0.39 is 0 Å². The van der Waals surface area contributed by atoms with Gasteiger partial charge in [0.1, 0.15) is 5.69 Å². The molecule has 5 heteroatoms. The summed E-state index contributed by atoms with van der Waals surface area (Å²) < 4.78 is 0. The summed E-state index contributed by atoms with van der Waals surface area (Å²) in [4.78, 5) is 8.78. The second kappa shape index (κ2) is 5.38. The number of halogens is 1. The first-order chi connectivity index (χ1) is 9.33. The van der Waals surface area contributed by atoms with E-state index in [-0.39, 0.29) is 0 Å². The van der Waals surface area contributed by atoms with Crippen molar-refractivity contribution >= 4 is 33.8 Å². The highest BCUT2D eigenvalue weighted by Crippen LogP contribution is 2.29. The first kappa shape index (κ1) is 12.1. The number of benzene rings is 1. The van der Waals surface area contributed by atoms with Crippen LogP contribution in [0.25, 0.3) is 11.4 Å². The summed E-state index contributed by atoms with van der Waals surface area (Å²) in [6, 6.07) is 13.4. The number of anilines is 2. The highest BCUT2D eigenvalue weighted by atomic mass is 35.5. The minimum absolute atomic E-state index is 0.678. The van der Waals surface area contributed by atoms with Gasteiger partial charge >= 0.3 is 0 Å². The molecule has 0 fully saturated rings. The average molecular weight is 288 g/mol. The largest absolute Gasteiger partial charge is 0.330 e. The second-order valence-corrected chi connectivity index (χ2v) is 5.12. The molecular formula is C14H10ClN3S. The average Bonchev–Trinajstić information content (AvgIpc) is 2.91. The van der Waals surface area contributed by atoms with Gasteiger partial charge in [0.05, 0.1) is 16.4 Å². The normalized spacial score (nSPS) is 10.4. The van der Waals surface area contributed by atoms with Crippen LogP contribution in [0.1, 0.15) is 0 Å². The van der Waals surface area contributed by atoms with E-state index >= 15 is 0 Å². The third kappa shape index (κ3) is 2.75. The van der Waals surface area contributed by atoms with Crippen molar-refractivity contribution in [3.05, 3.63) is 59.1 Å². The van der Waals surface area contributed by atoms with Crippen LogP contribution in [-0.4, -0.2) is 9.97 Å². The van der Waals surface area contributed by atoms with Crippen LogP contribution in [0, 0.1) is 0 Å². The first-order valence-corrected chi connectivity index (χ1v) is 6.97. The molecule has 0 spiro atoms. The van der Waals surface area contributed by atoms with Gasteiger partial charge in [-0.25, -0.2) is 4.98 Å². The van der Waals surface area contributed by atoms with E-state index in [2.05, 4.69) is 15.3 Å². The highest BCUT2D eigenvalue weighted by molar-refractivity contribution is 7.14. The number of rotatable bonds is 3. The minimum Gasteiger partial charge on any atom is -0.330 e. The number of nitrogens with zero attached hydrogens (tertiary/aromatic N) is 2. The number of nitrogens with one attached hydrogen (secondary N) is 1. The standard InChI is InChI=1S/C14H10ClN3S/c15-10-5-1-2-6-11(10)17-14-18-13(9-19-14)12-7-3-4-8-16-12/h1-9H,(H,17,18). The van der Waals surface area contributed by atoms with Crippen LogP contribution in [0.2, 0.25) is 5.02 Å². The lowest BCUT2D eigenvalue weighted by Crippen LogP contribution is -1.90. The monoisotopic (exact) mass is 287 g/mol. The maximum absolute atomic E-state index is 6.10. The van der Waals surface area contributed by atoms with Crippen molar-refractivity contribution in [1.82, 2.24) is 9.97 Å². The van der Waals surface area contributed by atoms with Crippen LogP contribution in [0.15, 0.2) is 54.0 Å². The Balaban J connectivity index is 1.85. The molecule has 1 N–H and O–H groups in total. The molecule has 19 heavy (non-hydrogen) atoms. The topological polar surface area (TPSA) is 37.8 Å². The van der Waals surface area contributed by atoms with Gasteiger partial charge in [0.25, 0.3) is 0 Å². The van der Waals surface area contributed by atoms with Crippen molar-refractivity contribution in [1.29, 1.82) is 0 Å². The Labute approximate surface area is 119 Å². The van der Waals surface area contributed by atoms with Crippen molar-refractivity contribution in [3.8, 4) is 11.4 Å². The summed E-state index contributed by atoms with van der Waals surface area (Å²) in [7, 11) is 0. The van der Waals surface area contributed by atoms with Gasteiger partial charge in [-0.2, -0.15) is 0 Å². The summed E-state index contributed by atoms with van der Waals surface area (Å²) in [6.45, 7) is 0. The molecule has 0 saturated carbocycles. The Morgan fingerprint density at radius 3 is 2.63 bits per heavy atom. The SMILES string of the molecule is Clc1ccccc1Nc1nc(-c2ccccn2)cs1. The number of para-hydroxylation sites is 1. The summed E-state index contributed by atoms with van der Waals surface area (Å²) in [6.07, 6.45) is 1.76. The molecule has 0 aliphatic rings.